The van der Waals surface area contributed by atoms with Crippen LogP contribution in [0.25, 0.3) is 0 Å². The monoisotopic (exact) mass is 225 g/mol. The van der Waals surface area contributed by atoms with E-state index < -0.39 is 0 Å². The van der Waals surface area contributed by atoms with Crippen LogP contribution in [0.15, 0.2) is 0 Å². The van der Waals surface area contributed by atoms with Crippen LogP contribution in [-0.4, -0.2) is 32.3 Å². The summed E-state index contributed by atoms with van der Waals surface area (Å²) in [4.78, 5) is 11.9. The van der Waals surface area contributed by atoms with Crippen molar-refractivity contribution in [3.05, 3.63) is 0 Å². The number of nitrogens with one attached hydrogen (secondary N) is 1. The van der Waals surface area contributed by atoms with Crippen molar-refractivity contribution < 1.29 is 14.1 Å². The van der Waals surface area contributed by atoms with E-state index >= 15 is 0 Å². The fraction of sp³-hybridized carbons (Fsp3) is 0.909. The first kappa shape index (κ1) is 11.9. The van der Waals surface area contributed by atoms with E-state index in [-0.39, 0.29) is 25.1 Å². The topological polar surface area (TPSA) is 47.6 Å². The number of hydrogen-bond donors (Lipinski definition) is 1. The van der Waals surface area contributed by atoms with E-state index in [1.165, 1.54) is 0 Å². The second-order valence-electron chi connectivity index (χ2n) is 5.01. The number of fused-ring (bicyclic) bond motifs is 1. The second-order valence-corrected chi connectivity index (χ2v) is 5.01. The van der Waals surface area contributed by atoms with Crippen molar-refractivity contribution in [2.45, 2.75) is 39.1 Å². The van der Waals surface area contributed by atoms with Crippen molar-refractivity contribution in [1.29, 1.82) is 0 Å². The largest absolute Gasteiger partial charge is 0.527 e. The molecule has 0 spiro atoms. The summed E-state index contributed by atoms with van der Waals surface area (Å²) >= 11 is 0. The molecule has 16 heavy (non-hydrogen) atoms. The molecule has 1 N–H and O–H groups in total. The van der Waals surface area contributed by atoms with Gasteiger partial charge in [0.15, 0.2) is 0 Å². The van der Waals surface area contributed by atoms with Crippen molar-refractivity contribution in [3.8, 4) is 0 Å². The molecule has 2 heterocycles. The van der Waals surface area contributed by atoms with Gasteiger partial charge in [0.05, 0.1) is 5.92 Å². The SMILES string of the molecule is CC(C)OB1CCCC2CNCC2C(=O)O1. The lowest BCUT2D eigenvalue weighted by Crippen LogP contribution is -2.36. The first-order valence-electron chi connectivity index (χ1n) is 6.23. The molecule has 2 saturated heterocycles. The highest BCUT2D eigenvalue weighted by Crippen LogP contribution is 2.27. The standard InChI is InChI=1S/C11H20BNO3/c1-8(2)15-12-5-3-4-9-6-13-7-10(9)11(14)16-12/h8-10,13H,3-7H2,1-2H3. The molecule has 0 amide bonds. The molecule has 0 aromatic heterocycles. The first-order chi connectivity index (χ1) is 7.66. The van der Waals surface area contributed by atoms with Crippen LogP contribution in [0.4, 0.5) is 0 Å². The van der Waals surface area contributed by atoms with Crippen LogP contribution in [-0.2, 0) is 14.1 Å². The van der Waals surface area contributed by atoms with Gasteiger partial charge in [0.1, 0.15) is 0 Å². The van der Waals surface area contributed by atoms with Crippen LogP contribution < -0.4 is 5.32 Å². The van der Waals surface area contributed by atoms with Gasteiger partial charge < -0.3 is 14.6 Å². The minimum absolute atomic E-state index is 0.0403. The zero-order chi connectivity index (χ0) is 11.5. The average Bonchev–Trinajstić information content (AvgIpc) is 2.62. The van der Waals surface area contributed by atoms with Gasteiger partial charge in [0.25, 0.3) is 5.97 Å². The molecule has 2 aliphatic heterocycles. The third kappa shape index (κ3) is 2.77. The van der Waals surface area contributed by atoms with Crippen molar-refractivity contribution in [1.82, 2.24) is 5.32 Å². The molecule has 2 unspecified atom stereocenters. The van der Waals surface area contributed by atoms with Gasteiger partial charge in [0.2, 0.25) is 0 Å². The van der Waals surface area contributed by atoms with Crippen LogP contribution >= 0.6 is 0 Å². The zero-order valence-corrected chi connectivity index (χ0v) is 10.1. The lowest BCUT2D eigenvalue weighted by Gasteiger charge is -2.25. The van der Waals surface area contributed by atoms with E-state index in [1.807, 2.05) is 13.8 Å². The third-order valence-electron chi connectivity index (χ3n) is 3.33. The van der Waals surface area contributed by atoms with Crippen molar-refractivity contribution in [2.24, 2.45) is 11.8 Å². The summed E-state index contributed by atoms with van der Waals surface area (Å²) in [5, 5.41) is 3.26. The summed E-state index contributed by atoms with van der Waals surface area (Å²) in [5.74, 6) is 0.423. The van der Waals surface area contributed by atoms with Gasteiger partial charge in [-0.05, 0) is 39.1 Å². The lowest BCUT2D eigenvalue weighted by atomic mass is 9.76. The van der Waals surface area contributed by atoms with Crippen LogP contribution in [0.3, 0.4) is 0 Å². The minimum atomic E-state index is -0.339. The fourth-order valence-corrected chi connectivity index (χ4v) is 2.53. The zero-order valence-electron chi connectivity index (χ0n) is 10.1. The fourth-order valence-electron chi connectivity index (χ4n) is 2.53. The van der Waals surface area contributed by atoms with Crippen molar-refractivity contribution in [2.75, 3.05) is 13.1 Å². The maximum Gasteiger partial charge on any atom is 0.527 e. The smallest absolute Gasteiger partial charge is 0.509 e. The quantitative estimate of drug-likeness (QED) is 0.714. The molecule has 0 radical (unpaired) electrons. The molecule has 5 heteroatoms. The average molecular weight is 225 g/mol. The van der Waals surface area contributed by atoms with Crippen molar-refractivity contribution in [3.63, 3.8) is 0 Å². The predicted molar refractivity (Wildman–Crippen MR) is 62.0 cm³/mol. The van der Waals surface area contributed by atoms with Crippen LogP contribution in [0.5, 0.6) is 0 Å². The Morgan fingerprint density at radius 3 is 3.06 bits per heavy atom. The number of hydrogen-bond acceptors (Lipinski definition) is 4. The Balaban J connectivity index is 1.95. The Labute approximate surface area is 97.2 Å². The van der Waals surface area contributed by atoms with Gasteiger partial charge in [-0.3, -0.25) is 4.79 Å². The highest BCUT2D eigenvalue weighted by molar-refractivity contribution is 6.46. The molecule has 0 aromatic carbocycles. The normalized spacial score (nSPS) is 30.9. The Morgan fingerprint density at radius 1 is 1.50 bits per heavy atom. The lowest BCUT2D eigenvalue weighted by molar-refractivity contribution is -0.142. The van der Waals surface area contributed by atoms with E-state index in [0.29, 0.717) is 5.92 Å². The molecule has 4 nitrogen and oxygen atoms in total. The number of rotatable bonds is 2. The predicted octanol–water partition coefficient (Wildman–Crippen LogP) is 1.07. The molecule has 90 valence electrons. The molecule has 0 aliphatic carbocycles. The van der Waals surface area contributed by atoms with E-state index in [2.05, 4.69) is 5.32 Å². The van der Waals surface area contributed by atoms with Gasteiger partial charge >= 0.3 is 7.12 Å². The minimum Gasteiger partial charge on any atom is -0.509 e. The summed E-state index contributed by atoms with van der Waals surface area (Å²) < 4.78 is 11.0. The highest BCUT2D eigenvalue weighted by atomic mass is 16.6. The molecular formula is C11H20BNO3. The molecule has 0 aromatic rings. The summed E-state index contributed by atoms with van der Waals surface area (Å²) in [6.07, 6.45) is 3.11. The molecular weight excluding hydrogens is 205 g/mol. The van der Waals surface area contributed by atoms with Gasteiger partial charge in [0, 0.05) is 12.6 Å². The molecule has 0 saturated carbocycles. The molecule has 2 aliphatic rings. The Hall–Kier alpha value is -0.545. The Morgan fingerprint density at radius 2 is 2.31 bits per heavy atom. The Bertz CT molecular complexity index is 260. The third-order valence-corrected chi connectivity index (χ3v) is 3.33. The summed E-state index contributed by atoms with van der Waals surface area (Å²) in [6, 6.07) is 0. The van der Waals surface area contributed by atoms with Crippen LogP contribution in [0, 0.1) is 11.8 Å². The van der Waals surface area contributed by atoms with Gasteiger partial charge in [-0.2, -0.15) is 0 Å². The van der Waals surface area contributed by atoms with E-state index in [0.717, 1.165) is 32.3 Å². The number of carbonyl (C=O) groups excluding carboxylic acids is 1. The Kier molecular flexibility index (Phi) is 3.87. The van der Waals surface area contributed by atoms with Gasteiger partial charge in [-0.25, -0.2) is 0 Å². The van der Waals surface area contributed by atoms with Gasteiger partial charge in [-0.15, -0.1) is 0 Å². The molecule has 0 bridgehead atoms. The molecule has 2 rings (SSSR count). The first-order valence-corrected chi connectivity index (χ1v) is 6.23. The summed E-state index contributed by atoms with van der Waals surface area (Å²) in [6.45, 7) is 5.65. The van der Waals surface area contributed by atoms with E-state index in [1.54, 1.807) is 0 Å². The van der Waals surface area contributed by atoms with Crippen LogP contribution in [0.2, 0.25) is 6.32 Å². The highest BCUT2D eigenvalue weighted by Gasteiger charge is 2.38. The number of carbonyl (C=O) groups is 1. The van der Waals surface area contributed by atoms with Crippen LogP contribution in [0.1, 0.15) is 26.7 Å². The molecule has 2 fully saturated rings. The maximum absolute atomic E-state index is 11.9. The summed E-state index contributed by atoms with van der Waals surface area (Å²) in [5.41, 5.74) is 0. The second kappa shape index (κ2) is 5.19. The summed E-state index contributed by atoms with van der Waals surface area (Å²) in [7, 11) is -0.339. The van der Waals surface area contributed by atoms with E-state index in [9.17, 15) is 4.79 Å². The van der Waals surface area contributed by atoms with Gasteiger partial charge in [-0.1, -0.05) is 6.42 Å². The maximum atomic E-state index is 11.9. The van der Waals surface area contributed by atoms with E-state index in [4.69, 9.17) is 9.31 Å². The van der Waals surface area contributed by atoms with Crippen molar-refractivity contribution >= 4 is 13.1 Å². The molecule has 2 atom stereocenters.